The van der Waals surface area contributed by atoms with Crippen LogP contribution < -0.4 is 5.73 Å². The molecule has 0 bridgehead atoms. The van der Waals surface area contributed by atoms with Crippen LogP contribution in [-0.4, -0.2) is 47.7 Å². The molecule has 102 valence electrons. The second-order valence-corrected chi connectivity index (χ2v) is 7.08. The highest BCUT2D eigenvalue weighted by atomic mass is 32.2. The summed E-state index contributed by atoms with van der Waals surface area (Å²) in [4.78, 5) is 11.5. The highest BCUT2D eigenvalue weighted by Crippen LogP contribution is 2.09. The topological polar surface area (TPSA) is 91.0 Å². The van der Waals surface area contributed by atoms with E-state index in [9.17, 15) is 9.00 Å². The van der Waals surface area contributed by atoms with Gasteiger partial charge in [0.15, 0.2) is 0 Å². The third-order valence-corrected chi connectivity index (χ3v) is 3.84. The van der Waals surface area contributed by atoms with Crippen LogP contribution in [-0.2, 0) is 19.2 Å². The average molecular weight is 266 g/mol. The summed E-state index contributed by atoms with van der Waals surface area (Å²) in [6, 6.07) is 0. The minimum absolute atomic E-state index is 0.162. The zero-order valence-corrected chi connectivity index (χ0v) is 11.7. The van der Waals surface area contributed by atoms with E-state index in [0.29, 0.717) is 0 Å². The number of ether oxygens (including phenoxy) is 2. The van der Waals surface area contributed by atoms with Gasteiger partial charge in [-0.15, -0.1) is 4.36 Å². The van der Waals surface area contributed by atoms with E-state index in [4.69, 9.17) is 15.2 Å². The number of carbonyl (C=O) groups excluding carboxylic acids is 1. The Hall–Kier alpha value is -0.660. The Labute approximate surface area is 103 Å². The highest BCUT2D eigenvalue weighted by Gasteiger charge is 2.18. The Morgan fingerprint density at radius 1 is 1.35 bits per heavy atom. The molecule has 0 aromatic carbocycles. The van der Waals surface area contributed by atoms with E-state index in [1.54, 1.807) is 20.8 Å². The number of nitrogens with zero attached hydrogens (tertiary/aromatic N) is 1. The summed E-state index contributed by atoms with van der Waals surface area (Å²) in [5, 5.41) is 0. The molecular formula is C10H22N2O4S. The van der Waals surface area contributed by atoms with Gasteiger partial charge in [0, 0.05) is 19.4 Å². The van der Waals surface area contributed by atoms with Crippen LogP contribution in [0.4, 0.5) is 4.79 Å². The molecule has 0 rings (SSSR count). The maximum Gasteiger partial charge on any atom is 0.442 e. The fourth-order valence-electron chi connectivity index (χ4n) is 1.01. The van der Waals surface area contributed by atoms with E-state index < -0.39 is 21.4 Å². The molecule has 0 heterocycles. The molecule has 0 aliphatic carbocycles. The van der Waals surface area contributed by atoms with E-state index in [1.807, 2.05) is 0 Å². The van der Waals surface area contributed by atoms with Crippen molar-refractivity contribution in [2.24, 2.45) is 10.1 Å². The zero-order chi connectivity index (χ0) is 13.5. The van der Waals surface area contributed by atoms with E-state index in [2.05, 4.69) is 4.36 Å². The molecule has 0 aromatic rings. The van der Waals surface area contributed by atoms with Crippen molar-refractivity contribution in [1.82, 2.24) is 0 Å². The summed E-state index contributed by atoms with van der Waals surface area (Å²) in [6.45, 7) is 5.64. The molecule has 0 saturated carbocycles. The van der Waals surface area contributed by atoms with Crippen LogP contribution in [0.25, 0.3) is 0 Å². The van der Waals surface area contributed by atoms with Crippen LogP contribution in [0, 0.1) is 0 Å². The predicted octanol–water partition coefficient (Wildman–Crippen LogP) is 0.995. The summed E-state index contributed by atoms with van der Waals surface area (Å²) < 4.78 is 25.7. The minimum Gasteiger partial charge on any atom is -0.442 e. The highest BCUT2D eigenvalue weighted by molar-refractivity contribution is 7.93. The van der Waals surface area contributed by atoms with Crippen LogP contribution in [0.2, 0.25) is 0 Å². The molecule has 2 N–H and O–H groups in total. The maximum atomic E-state index is 12.2. The van der Waals surface area contributed by atoms with Crippen molar-refractivity contribution in [1.29, 1.82) is 0 Å². The van der Waals surface area contributed by atoms with E-state index >= 15 is 0 Å². The standard InChI is InChI=1S/C10H22N2O4S/c1-10(2,3)16-9(13)12-17(14,7-5-11)8-6-15-4/h5-8,11H2,1-4H3. The van der Waals surface area contributed by atoms with Gasteiger partial charge in [0.25, 0.3) is 0 Å². The number of nitrogens with two attached hydrogens (primary N) is 1. The van der Waals surface area contributed by atoms with Crippen molar-refractivity contribution in [2.45, 2.75) is 26.4 Å². The Balaban J connectivity index is 4.80. The smallest absolute Gasteiger partial charge is 0.442 e. The molecule has 0 saturated heterocycles. The van der Waals surface area contributed by atoms with Gasteiger partial charge in [-0.3, -0.25) is 0 Å². The molecule has 1 unspecified atom stereocenters. The van der Waals surface area contributed by atoms with Crippen molar-refractivity contribution in [3.63, 3.8) is 0 Å². The largest absolute Gasteiger partial charge is 0.442 e. The second kappa shape index (κ2) is 6.93. The molecule has 0 fully saturated rings. The Morgan fingerprint density at radius 3 is 2.35 bits per heavy atom. The maximum absolute atomic E-state index is 12.2. The normalized spacial score (nSPS) is 15.1. The predicted molar refractivity (Wildman–Crippen MR) is 67.5 cm³/mol. The average Bonchev–Trinajstić information content (AvgIpc) is 2.11. The van der Waals surface area contributed by atoms with Gasteiger partial charge in [-0.25, -0.2) is 9.00 Å². The fourth-order valence-corrected chi connectivity index (χ4v) is 2.50. The van der Waals surface area contributed by atoms with Gasteiger partial charge in [0.2, 0.25) is 0 Å². The number of hydrogen-bond acceptors (Lipinski definition) is 5. The van der Waals surface area contributed by atoms with Crippen LogP contribution in [0.15, 0.2) is 4.36 Å². The van der Waals surface area contributed by atoms with E-state index in [0.717, 1.165) is 0 Å². The Morgan fingerprint density at radius 2 is 1.94 bits per heavy atom. The van der Waals surface area contributed by atoms with Crippen LogP contribution >= 0.6 is 0 Å². The lowest BCUT2D eigenvalue weighted by Gasteiger charge is -2.18. The molecular weight excluding hydrogens is 244 g/mol. The van der Waals surface area contributed by atoms with Crippen molar-refractivity contribution in [3.05, 3.63) is 0 Å². The zero-order valence-electron chi connectivity index (χ0n) is 10.9. The first kappa shape index (κ1) is 16.3. The van der Waals surface area contributed by atoms with Crippen LogP contribution in [0.5, 0.6) is 0 Å². The fraction of sp³-hybridized carbons (Fsp3) is 0.900. The van der Waals surface area contributed by atoms with Gasteiger partial charge in [0.05, 0.1) is 22.1 Å². The van der Waals surface area contributed by atoms with Crippen molar-refractivity contribution in [3.8, 4) is 0 Å². The van der Waals surface area contributed by atoms with E-state index in [-0.39, 0.29) is 24.7 Å². The monoisotopic (exact) mass is 266 g/mol. The van der Waals surface area contributed by atoms with Crippen molar-refractivity contribution < 1.29 is 18.5 Å². The second-order valence-electron chi connectivity index (χ2n) is 4.53. The SMILES string of the molecule is COCCS(=O)(CCN)=NC(=O)OC(C)(C)C. The number of rotatable bonds is 5. The number of methoxy groups -OCH3 is 1. The molecule has 0 radical (unpaired) electrons. The van der Waals surface area contributed by atoms with Crippen LogP contribution in [0.1, 0.15) is 20.8 Å². The number of amides is 1. The number of hydrogen-bond donors (Lipinski definition) is 1. The lowest BCUT2D eigenvalue weighted by Crippen LogP contribution is -2.26. The van der Waals surface area contributed by atoms with Gasteiger partial charge >= 0.3 is 6.09 Å². The van der Waals surface area contributed by atoms with Gasteiger partial charge in [-0.05, 0) is 20.8 Å². The first-order valence-corrected chi connectivity index (χ1v) is 7.22. The third kappa shape index (κ3) is 8.12. The Kier molecular flexibility index (Phi) is 6.66. The van der Waals surface area contributed by atoms with Gasteiger partial charge < -0.3 is 15.2 Å². The molecule has 0 spiro atoms. The quantitative estimate of drug-likeness (QED) is 0.801. The lowest BCUT2D eigenvalue weighted by molar-refractivity contribution is 0.0607. The minimum atomic E-state index is -2.67. The summed E-state index contributed by atoms with van der Waals surface area (Å²) in [7, 11) is -1.18. The number of carbonyl (C=O) groups is 1. The molecule has 7 heteroatoms. The molecule has 1 atom stereocenters. The first-order chi connectivity index (χ1) is 7.72. The van der Waals surface area contributed by atoms with Gasteiger partial charge in [0.1, 0.15) is 5.60 Å². The lowest BCUT2D eigenvalue weighted by atomic mass is 10.2. The molecule has 1 amide bonds. The first-order valence-electron chi connectivity index (χ1n) is 5.37. The van der Waals surface area contributed by atoms with Gasteiger partial charge in [-0.1, -0.05) is 0 Å². The molecule has 0 aliphatic heterocycles. The van der Waals surface area contributed by atoms with Gasteiger partial charge in [-0.2, -0.15) is 0 Å². The summed E-state index contributed by atoms with van der Waals surface area (Å²) >= 11 is 0. The summed E-state index contributed by atoms with van der Waals surface area (Å²) in [6.07, 6.45) is -0.813. The molecule has 0 aromatic heterocycles. The van der Waals surface area contributed by atoms with Crippen molar-refractivity contribution >= 4 is 15.8 Å². The Bertz CT molecular complexity index is 354. The molecule has 0 aliphatic rings. The van der Waals surface area contributed by atoms with Crippen LogP contribution in [0.3, 0.4) is 0 Å². The molecule has 6 nitrogen and oxygen atoms in total. The van der Waals surface area contributed by atoms with E-state index in [1.165, 1.54) is 7.11 Å². The third-order valence-electron chi connectivity index (χ3n) is 1.68. The molecule has 17 heavy (non-hydrogen) atoms. The van der Waals surface area contributed by atoms with Crippen molar-refractivity contribution in [2.75, 3.05) is 31.8 Å². The summed E-state index contributed by atoms with van der Waals surface area (Å²) in [5.74, 6) is 0.343. The summed E-state index contributed by atoms with van der Waals surface area (Å²) in [5.41, 5.74) is 4.71.